The van der Waals surface area contributed by atoms with Crippen LogP contribution in [0.4, 0.5) is 17.2 Å². The number of hydrogen-bond acceptors (Lipinski definition) is 7. The number of anilines is 2. The molecule has 24 heavy (non-hydrogen) atoms. The van der Waals surface area contributed by atoms with Gasteiger partial charge in [0, 0.05) is 23.9 Å². The number of fused-ring (bicyclic) bond motifs is 2. The predicted octanol–water partition coefficient (Wildman–Crippen LogP) is 3.05. The molecule has 1 aromatic heterocycles. The van der Waals surface area contributed by atoms with Gasteiger partial charge in [-0.15, -0.1) is 0 Å². The van der Waals surface area contributed by atoms with Crippen molar-refractivity contribution in [3.8, 4) is 11.5 Å². The summed E-state index contributed by atoms with van der Waals surface area (Å²) in [6, 6.07) is 9.85. The number of nitro groups is 1. The summed E-state index contributed by atoms with van der Waals surface area (Å²) in [5, 5.41) is 14.0. The SMILES string of the molecule is O=[N+]([O-])c1ccc2ncc(Nc3ccc4c(c3)OCCO4)nc2c1. The number of nitro benzene ring substituents is 1. The molecule has 0 amide bonds. The fraction of sp³-hybridized carbons (Fsp3) is 0.125. The highest BCUT2D eigenvalue weighted by atomic mass is 16.6. The Morgan fingerprint density at radius 3 is 2.71 bits per heavy atom. The zero-order valence-electron chi connectivity index (χ0n) is 12.4. The van der Waals surface area contributed by atoms with E-state index < -0.39 is 4.92 Å². The highest BCUT2D eigenvalue weighted by molar-refractivity contribution is 5.78. The molecule has 0 saturated carbocycles. The predicted molar refractivity (Wildman–Crippen MR) is 86.9 cm³/mol. The third-order valence-corrected chi connectivity index (χ3v) is 3.55. The van der Waals surface area contributed by atoms with Gasteiger partial charge in [0.05, 0.1) is 22.2 Å². The first-order valence-corrected chi connectivity index (χ1v) is 7.27. The molecule has 0 atom stereocenters. The zero-order valence-corrected chi connectivity index (χ0v) is 12.4. The van der Waals surface area contributed by atoms with E-state index in [9.17, 15) is 10.1 Å². The van der Waals surface area contributed by atoms with E-state index in [-0.39, 0.29) is 5.69 Å². The Morgan fingerprint density at radius 1 is 1.04 bits per heavy atom. The first kappa shape index (κ1) is 14.2. The Hall–Kier alpha value is -3.42. The standard InChI is InChI=1S/C16H12N4O4/c21-20(22)11-2-3-12-13(8-11)19-16(9-17-12)18-10-1-4-14-15(7-10)24-6-5-23-14/h1-4,7-9H,5-6H2,(H,18,19). The van der Waals surface area contributed by atoms with Gasteiger partial charge in [-0.2, -0.15) is 0 Å². The number of nitrogens with one attached hydrogen (secondary N) is 1. The number of hydrogen-bond donors (Lipinski definition) is 1. The van der Waals surface area contributed by atoms with Crippen LogP contribution in [0.2, 0.25) is 0 Å². The lowest BCUT2D eigenvalue weighted by Crippen LogP contribution is -2.15. The van der Waals surface area contributed by atoms with Crippen molar-refractivity contribution >= 4 is 28.2 Å². The molecule has 1 aliphatic rings. The highest BCUT2D eigenvalue weighted by Crippen LogP contribution is 2.33. The Morgan fingerprint density at radius 2 is 1.88 bits per heavy atom. The lowest BCUT2D eigenvalue weighted by molar-refractivity contribution is -0.384. The number of non-ortho nitro benzene ring substituents is 1. The van der Waals surface area contributed by atoms with Crippen LogP contribution >= 0.6 is 0 Å². The summed E-state index contributed by atoms with van der Waals surface area (Å²) in [5.74, 6) is 1.85. The van der Waals surface area contributed by atoms with E-state index in [1.807, 2.05) is 18.2 Å². The van der Waals surface area contributed by atoms with Crippen molar-refractivity contribution in [3.63, 3.8) is 0 Å². The van der Waals surface area contributed by atoms with Crippen molar-refractivity contribution in [2.24, 2.45) is 0 Å². The van der Waals surface area contributed by atoms with Crippen LogP contribution in [0.15, 0.2) is 42.6 Å². The van der Waals surface area contributed by atoms with E-state index in [4.69, 9.17) is 9.47 Å². The lowest BCUT2D eigenvalue weighted by Gasteiger charge is -2.19. The molecule has 120 valence electrons. The maximum absolute atomic E-state index is 10.9. The van der Waals surface area contributed by atoms with Gasteiger partial charge in [0.15, 0.2) is 11.5 Å². The van der Waals surface area contributed by atoms with Crippen molar-refractivity contribution in [3.05, 3.63) is 52.7 Å². The van der Waals surface area contributed by atoms with Gasteiger partial charge in [-0.05, 0) is 18.2 Å². The third-order valence-electron chi connectivity index (χ3n) is 3.55. The highest BCUT2D eigenvalue weighted by Gasteiger charge is 2.12. The van der Waals surface area contributed by atoms with Crippen LogP contribution in [-0.4, -0.2) is 28.1 Å². The fourth-order valence-electron chi connectivity index (χ4n) is 2.44. The maximum Gasteiger partial charge on any atom is 0.271 e. The van der Waals surface area contributed by atoms with Gasteiger partial charge in [0.2, 0.25) is 0 Å². The molecule has 0 fully saturated rings. The molecule has 0 spiro atoms. The number of aromatic nitrogens is 2. The molecule has 0 radical (unpaired) electrons. The monoisotopic (exact) mass is 324 g/mol. The quantitative estimate of drug-likeness (QED) is 0.584. The lowest BCUT2D eigenvalue weighted by atomic mass is 10.2. The summed E-state index contributed by atoms with van der Waals surface area (Å²) >= 11 is 0. The molecule has 2 heterocycles. The summed E-state index contributed by atoms with van der Waals surface area (Å²) in [6.07, 6.45) is 1.57. The average molecular weight is 324 g/mol. The van der Waals surface area contributed by atoms with Crippen LogP contribution in [0.1, 0.15) is 0 Å². The Kier molecular flexibility index (Phi) is 3.34. The van der Waals surface area contributed by atoms with Gasteiger partial charge in [0.1, 0.15) is 19.0 Å². The summed E-state index contributed by atoms with van der Waals surface area (Å²) < 4.78 is 11.0. The second-order valence-electron chi connectivity index (χ2n) is 5.17. The molecule has 1 aliphatic heterocycles. The largest absolute Gasteiger partial charge is 0.486 e. The first-order valence-electron chi connectivity index (χ1n) is 7.27. The van der Waals surface area contributed by atoms with E-state index in [1.165, 1.54) is 12.1 Å². The number of ether oxygens (including phenoxy) is 2. The van der Waals surface area contributed by atoms with Crippen LogP contribution < -0.4 is 14.8 Å². The van der Waals surface area contributed by atoms with Crippen molar-refractivity contribution in [2.75, 3.05) is 18.5 Å². The fourth-order valence-corrected chi connectivity index (χ4v) is 2.44. The number of rotatable bonds is 3. The van der Waals surface area contributed by atoms with Crippen molar-refractivity contribution in [1.29, 1.82) is 0 Å². The third kappa shape index (κ3) is 2.65. The van der Waals surface area contributed by atoms with Crippen LogP contribution in [-0.2, 0) is 0 Å². The molecule has 0 saturated heterocycles. The van der Waals surface area contributed by atoms with Crippen LogP contribution in [0.25, 0.3) is 11.0 Å². The second kappa shape index (κ2) is 5.65. The van der Waals surface area contributed by atoms with Gasteiger partial charge in [-0.25, -0.2) is 4.98 Å². The van der Waals surface area contributed by atoms with Crippen LogP contribution in [0.3, 0.4) is 0 Å². The molecule has 8 nitrogen and oxygen atoms in total. The molecular formula is C16H12N4O4. The molecule has 0 bridgehead atoms. The molecule has 2 aromatic carbocycles. The van der Waals surface area contributed by atoms with Gasteiger partial charge in [-0.1, -0.05) is 0 Å². The molecule has 4 rings (SSSR count). The molecule has 8 heteroatoms. The Labute approximate surface area is 136 Å². The van der Waals surface area contributed by atoms with E-state index in [0.717, 1.165) is 5.69 Å². The summed E-state index contributed by atoms with van der Waals surface area (Å²) in [6.45, 7) is 1.05. The van der Waals surface area contributed by atoms with Crippen LogP contribution in [0.5, 0.6) is 11.5 Å². The Balaban J connectivity index is 1.65. The maximum atomic E-state index is 10.9. The molecule has 1 N–H and O–H groups in total. The second-order valence-corrected chi connectivity index (χ2v) is 5.17. The minimum Gasteiger partial charge on any atom is -0.486 e. The normalized spacial score (nSPS) is 12.8. The molecular weight excluding hydrogens is 312 g/mol. The van der Waals surface area contributed by atoms with E-state index in [2.05, 4.69) is 15.3 Å². The van der Waals surface area contributed by atoms with Gasteiger partial charge >= 0.3 is 0 Å². The topological polar surface area (TPSA) is 99.4 Å². The molecule has 0 aliphatic carbocycles. The summed E-state index contributed by atoms with van der Waals surface area (Å²) in [7, 11) is 0. The van der Waals surface area contributed by atoms with E-state index >= 15 is 0 Å². The van der Waals surface area contributed by atoms with E-state index in [1.54, 1.807) is 12.3 Å². The summed E-state index contributed by atoms with van der Waals surface area (Å²) in [5.41, 5.74) is 1.78. The van der Waals surface area contributed by atoms with Gasteiger partial charge < -0.3 is 14.8 Å². The van der Waals surface area contributed by atoms with Gasteiger partial charge in [0.25, 0.3) is 5.69 Å². The van der Waals surface area contributed by atoms with Crippen molar-refractivity contribution in [1.82, 2.24) is 9.97 Å². The Bertz CT molecular complexity index is 945. The number of nitrogens with zero attached hydrogens (tertiary/aromatic N) is 3. The van der Waals surface area contributed by atoms with Gasteiger partial charge in [-0.3, -0.25) is 15.1 Å². The summed E-state index contributed by atoms with van der Waals surface area (Å²) in [4.78, 5) is 19.1. The first-order chi connectivity index (χ1) is 11.7. The van der Waals surface area contributed by atoms with E-state index in [0.29, 0.717) is 41.6 Å². The average Bonchev–Trinajstić information content (AvgIpc) is 2.61. The minimum atomic E-state index is -0.456. The number of benzene rings is 2. The van der Waals surface area contributed by atoms with Crippen molar-refractivity contribution < 1.29 is 14.4 Å². The smallest absolute Gasteiger partial charge is 0.271 e. The zero-order chi connectivity index (χ0) is 16.5. The van der Waals surface area contributed by atoms with Crippen molar-refractivity contribution in [2.45, 2.75) is 0 Å². The molecule has 3 aromatic rings. The van der Waals surface area contributed by atoms with Crippen LogP contribution in [0, 0.1) is 10.1 Å². The minimum absolute atomic E-state index is 0.0201. The molecule has 0 unspecified atom stereocenters.